The number of aryl methyl sites for hydroxylation is 1. The van der Waals surface area contributed by atoms with E-state index >= 15 is 0 Å². The van der Waals surface area contributed by atoms with Gasteiger partial charge in [0, 0.05) is 19.3 Å². The summed E-state index contributed by atoms with van der Waals surface area (Å²) in [5, 5.41) is 0. The number of nitrogens with zero attached hydrogens (tertiary/aromatic N) is 3. The van der Waals surface area contributed by atoms with Crippen molar-refractivity contribution in [2.75, 3.05) is 27.2 Å². The number of likely N-dealkylation sites (tertiary alicyclic amines) is 1. The van der Waals surface area contributed by atoms with Crippen LogP contribution in [0, 0.1) is 24.4 Å². The van der Waals surface area contributed by atoms with E-state index in [1.54, 1.807) is 24.1 Å². The lowest BCUT2D eigenvalue weighted by Crippen LogP contribution is -2.11. The molecule has 0 saturated carbocycles. The van der Waals surface area contributed by atoms with Crippen molar-refractivity contribution >= 4 is 6.08 Å². The SMILES string of the molecule is COc1cc(/C=C2/CCN(C)C2)c(-c2cc(F)c(F)c(F)c2)cc1-n1cnc(C)c1. The Kier molecular flexibility index (Phi) is 5.39. The van der Waals surface area contributed by atoms with Crippen LogP contribution in [0.4, 0.5) is 13.2 Å². The van der Waals surface area contributed by atoms with Gasteiger partial charge in [-0.1, -0.05) is 11.6 Å². The first-order chi connectivity index (χ1) is 14.4. The molecule has 2 aromatic carbocycles. The summed E-state index contributed by atoms with van der Waals surface area (Å²) < 4.78 is 49.0. The predicted molar refractivity (Wildman–Crippen MR) is 110 cm³/mol. The predicted octanol–water partition coefficient (Wildman–Crippen LogP) is 4.99. The molecule has 0 amide bonds. The molecular weight excluding hydrogens is 391 g/mol. The van der Waals surface area contributed by atoms with E-state index < -0.39 is 17.5 Å². The zero-order chi connectivity index (χ0) is 21.4. The van der Waals surface area contributed by atoms with Crippen molar-refractivity contribution in [3.63, 3.8) is 0 Å². The van der Waals surface area contributed by atoms with Crippen LogP contribution in [0.2, 0.25) is 0 Å². The van der Waals surface area contributed by atoms with E-state index in [0.29, 0.717) is 17.0 Å². The summed E-state index contributed by atoms with van der Waals surface area (Å²) in [4.78, 5) is 6.44. The zero-order valence-corrected chi connectivity index (χ0v) is 17.0. The molecule has 0 atom stereocenters. The Morgan fingerprint density at radius 1 is 1.10 bits per heavy atom. The van der Waals surface area contributed by atoms with Gasteiger partial charge in [0.05, 0.1) is 24.8 Å². The lowest BCUT2D eigenvalue weighted by molar-refractivity contribution is 0.413. The summed E-state index contributed by atoms with van der Waals surface area (Å²) in [5.74, 6) is -3.33. The molecule has 0 spiro atoms. The molecular formula is C23H22F3N3O. The second kappa shape index (κ2) is 7.99. The maximum atomic E-state index is 14.0. The topological polar surface area (TPSA) is 30.3 Å². The van der Waals surface area contributed by atoms with Gasteiger partial charge in [-0.05, 0) is 61.3 Å². The molecule has 1 saturated heterocycles. The highest BCUT2D eigenvalue weighted by molar-refractivity contribution is 5.80. The summed E-state index contributed by atoms with van der Waals surface area (Å²) in [6.07, 6.45) is 6.40. The minimum Gasteiger partial charge on any atom is -0.495 e. The molecule has 4 nitrogen and oxygen atoms in total. The average molecular weight is 413 g/mol. The Morgan fingerprint density at radius 2 is 1.83 bits per heavy atom. The molecule has 3 aromatic rings. The van der Waals surface area contributed by atoms with Crippen LogP contribution in [-0.4, -0.2) is 41.7 Å². The van der Waals surface area contributed by atoms with E-state index in [4.69, 9.17) is 4.74 Å². The van der Waals surface area contributed by atoms with Crippen LogP contribution in [0.1, 0.15) is 17.7 Å². The maximum absolute atomic E-state index is 14.0. The summed E-state index contributed by atoms with van der Waals surface area (Å²) in [6, 6.07) is 5.67. The molecule has 0 radical (unpaired) electrons. The highest BCUT2D eigenvalue weighted by atomic mass is 19.2. The van der Waals surface area contributed by atoms with Crippen molar-refractivity contribution in [3.05, 3.63) is 71.1 Å². The van der Waals surface area contributed by atoms with E-state index in [0.717, 1.165) is 42.9 Å². The van der Waals surface area contributed by atoms with E-state index in [1.807, 2.05) is 32.3 Å². The number of hydrogen-bond donors (Lipinski definition) is 0. The van der Waals surface area contributed by atoms with Crippen LogP contribution >= 0.6 is 0 Å². The maximum Gasteiger partial charge on any atom is 0.194 e. The van der Waals surface area contributed by atoms with Crippen LogP contribution in [0.25, 0.3) is 22.9 Å². The molecule has 30 heavy (non-hydrogen) atoms. The fourth-order valence-electron chi connectivity index (χ4n) is 3.76. The largest absolute Gasteiger partial charge is 0.495 e. The van der Waals surface area contributed by atoms with Crippen molar-refractivity contribution < 1.29 is 17.9 Å². The highest BCUT2D eigenvalue weighted by Crippen LogP contribution is 2.36. The Morgan fingerprint density at radius 3 is 2.40 bits per heavy atom. The number of methoxy groups -OCH3 is 1. The summed E-state index contributed by atoms with van der Waals surface area (Å²) in [6.45, 7) is 3.63. The molecule has 7 heteroatoms. The Bertz CT molecular complexity index is 1110. The van der Waals surface area contributed by atoms with Gasteiger partial charge in [0.15, 0.2) is 17.5 Å². The van der Waals surface area contributed by atoms with Crippen LogP contribution in [0.3, 0.4) is 0 Å². The number of halogens is 3. The smallest absolute Gasteiger partial charge is 0.194 e. The lowest BCUT2D eigenvalue weighted by Gasteiger charge is -2.16. The van der Waals surface area contributed by atoms with E-state index in [2.05, 4.69) is 9.88 Å². The fourth-order valence-corrected chi connectivity index (χ4v) is 3.76. The van der Waals surface area contributed by atoms with Gasteiger partial charge in [0.25, 0.3) is 0 Å². The lowest BCUT2D eigenvalue weighted by atomic mass is 9.96. The third-order valence-electron chi connectivity index (χ3n) is 5.28. The number of hydrogen-bond acceptors (Lipinski definition) is 3. The van der Waals surface area contributed by atoms with Gasteiger partial charge in [-0.15, -0.1) is 0 Å². The number of rotatable bonds is 4. The Balaban J connectivity index is 1.94. The van der Waals surface area contributed by atoms with Gasteiger partial charge >= 0.3 is 0 Å². The molecule has 2 heterocycles. The van der Waals surface area contributed by atoms with Gasteiger partial charge < -0.3 is 14.2 Å². The van der Waals surface area contributed by atoms with E-state index in [-0.39, 0.29) is 5.56 Å². The minimum absolute atomic E-state index is 0.255. The molecule has 1 aliphatic heterocycles. The molecule has 0 aliphatic carbocycles. The van der Waals surface area contributed by atoms with E-state index in [9.17, 15) is 13.2 Å². The van der Waals surface area contributed by atoms with Crippen LogP contribution < -0.4 is 4.74 Å². The number of aromatic nitrogens is 2. The molecule has 4 rings (SSSR count). The van der Waals surface area contributed by atoms with Crippen molar-refractivity contribution in [2.45, 2.75) is 13.3 Å². The number of benzene rings is 2. The van der Waals surface area contributed by atoms with Crippen LogP contribution in [0.15, 0.2) is 42.4 Å². The second-order valence-electron chi connectivity index (χ2n) is 7.58. The quantitative estimate of drug-likeness (QED) is 0.565. The minimum atomic E-state index is -1.48. The van der Waals surface area contributed by atoms with Crippen molar-refractivity contribution in [3.8, 4) is 22.6 Å². The van der Waals surface area contributed by atoms with Crippen LogP contribution in [-0.2, 0) is 0 Å². The first-order valence-corrected chi connectivity index (χ1v) is 9.61. The summed E-state index contributed by atoms with van der Waals surface area (Å²) in [5.41, 5.74) is 4.28. The Labute approximate surface area is 173 Å². The summed E-state index contributed by atoms with van der Waals surface area (Å²) in [7, 11) is 3.61. The average Bonchev–Trinajstić information content (AvgIpc) is 3.33. The first-order valence-electron chi connectivity index (χ1n) is 9.61. The number of likely N-dealkylation sites (N-methyl/N-ethyl adjacent to an activating group) is 1. The fraction of sp³-hybridized carbons (Fsp3) is 0.261. The molecule has 0 unspecified atom stereocenters. The molecule has 0 bridgehead atoms. The normalized spacial score (nSPS) is 15.9. The van der Waals surface area contributed by atoms with E-state index in [1.165, 1.54) is 5.57 Å². The second-order valence-corrected chi connectivity index (χ2v) is 7.58. The van der Waals surface area contributed by atoms with Crippen molar-refractivity contribution in [2.24, 2.45) is 0 Å². The monoisotopic (exact) mass is 413 g/mol. The van der Waals surface area contributed by atoms with Crippen molar-refractivity contribution in [1.29, 1.82) is 0 Å². The molecule has 1 aliphatic rings. The van der Waals surface area contributed by atoms with Gasteiger partial charge in [-0.2, -0.15) is 0 Å². The van der Waals surface area contributed by atoms with Gasteiger partial charge in [-0.25, -0.2) is 18.2 Å². The first kappa shape index (κ1) is 20.2. The Hall–Kier alpha value is -3.06. The standard InChI is InChI=1S/C23H22F3N3O/c1-14-11-29(13-27-14)21-10-18(17-7-19(24)23(26)20(25)8-17)16(9-22(21)30-3)6-15-4-5-28(2)12-15/h6-11,13H,4-5,12H2,1-3H3/b15-6-. The number of imidazole rings is 1. The highest BCUT2D eigenvalue weighted by Gasteiger charge is 2.19. The number of ether oxygens (including phenoxy) is 1. The third-order valence-corrected chi connectivity index (χ3v) is 5.28. The zero-order valence-electron chi connectivity index (χ0n) is 17.0. The third kappa shape index (κ3) is 3.85. The molecule has 0 N–H and O–H groups in total. The summed E-state index contributed by atoms with van der Waals surface area (Å²) >= 11 is 0. The molecule has 1 fully saturated rings. The molecule has 1 aromatic heterocycles. The van der Waals surface area contributed by atoms with Gasteiger partial charge in [0.1, 0.15) is 5.75 Å². The van der Waals surface area contributed by atoms with Gasteiger partial charge in [0.2, 0.25) is 0 Å². The van der Waals surface area contributed by atoms with Crippen molar-refractivity contribution in [1.82, 2.24) is 14.5 Å². The van der Waals surface area contributed by atoms with Crippen LogP contribution in [0.5, 0.6) is 5.75 Å². The molecule has 156 valence electrons. The van der Waals surface area contributed by atoms with Gasteiger partial charge in [-0.3, -0.25) is 0 Å².